The summed E-state index contributed by atoms with van der Waals surface area (Å²) in [4.78, 5) is 12.6. The van der Waals surface area contributed by atoms with Gasteiger partial charge in [-0.3, -0.25) is 4.79 Å². The third-order valence-corrected chi connectivity index (χ3v) is 4.46. The highest BCUT2D eigenvalue weighted by Gasteiger charge is 2.04. The van der Waals surface area contributed by atoms with E-state index in [1.54, 1.807) is 11.3 Å². The molecule has 0 bridgehead atoms. The van der Waals surface area contributed by atoms with Gasteiger partial charge in [-0.25, -0.2) is 0 Å². The first-order chi connectivity index (χ1) is 8.70. The first-order valence-electron chi connectivity index (χ1n) is 5.68. The average Bonchev–Trinajstić information content (AvgIpc) is 2.81. The zero-order chi connectivity index (χ0) is 13.0. The molecule has 2 rings (SSSR count). The van der Waals surface area contributed by atoms with Gasteiger partial charge in [0.2, 0.25) is 0 Å². The molecule has 0 fully saturated rings. The molecule has 0 aliphatic rings. The molecule has 0 aliphatic heterocycles. The lowest BCUT2D eigenvalue weighted by Gasteiger charge is -2.06. The first-order valence-corrected chi connectivity index (χ1v) is 7.36. The Labute approximate surface area is 119 Å². The predicted octanol–water partition coefficient (Wildman–Crippen LogP) is 4.68. The molecule has 2 aromatic rings. The Bertz CT molecular complexity index is 531. The van der Waals surface area contributed by atoms with E-state index in [9.17, 15) is 4.79 Å². The van der Waals surface area contributed by atoms with Crippen LogP contribution < -0.4 is 4.74 Å². The lowest BCUT2D eigenvalue weighted by atomic mass is 10.1. The molecule has 0 amide bonds. The van der Waals surface area contributed by atoms with Gasteiger partial charge < -0.3 is 4.74 Å². The molecule has 0 saturated carbocycles. The molecule has 18 heavy (non-hydrogen) atoms. The van der Waals surface area contributed by atoms with Crippen LogP contribution in [0.2, 0.25) is 0 Å². The second-order valence-corrected chi connectivity index (χ2v) is 5.64. The fourth-order valence-electron chi connectivity index (χ4n) is 1.52. The van der Waals surface area contributed by atoms with Crippen LogP contribution in [0.3, 0.4) is 0 Å². The minimum absolute atomic E-state index is 0.155. The summed E-state index contributed by atoms with van der Waals surface area (Å²) in [6.07, 6.45) is 0.530. The number of rotatable bonds is 5. The van der Waals surface area contributed by atoms with Gasteiger partial charge in [0.05, 0.1) is 4.88 Å². The van der Waals surface area contributed by atoms with E-state index in [4.69, 9.17) is 4.74 Å². The molecule has 1 aromatic carbocycles. The molecule has 0 aliphatic carbocycles. The van der Waals surface area contributed by atoms with Crippen molar-refractivity contribution in [3.05, 3.63) is 50.6 Å². The highest BCUT2D eigenvalue weighted by atomic mass is 79.9. The predicted molar refractivity (Wildman–Crippen MR) is 77.4 cm³/mol. The Morgan fingerprint density at radius 3 is 2.56 bits per heavy atom. The Morgan fingerprint density at radius 2 is 2.00 bits per heavy atom. The standard InChI is InChI=1S/C14H13BrO2S/c1-2-13(16)10-3-5-11(6-4-10)17-9-14-12(15)7-8-18-14/h3-8H,2,9H2,1H3. The maximum absolute atomic E-state index is 11.5. The van der Waals surface area contributed by atoms with E-state index < -0.39 is 0 Å². The number of ketones is 1. The monoisotopic (exact) mass is 324 g/mol. The van der Waals surface area contributed by atoms with Crippen molar-refractivity contribution in [1.82, 2.24) is 0 Å². The van der Waals surface area contributed by atoms with E-state index in [0.29, 0.717) is 13.0 Å². The van der Waals surface area contributed by atoms with Crippen molar-refractivity contribution in [1.29, 1.82) is 0 Å². The number of carbonyl (C=O) groups is 1. The van der Waals surface area contributed by atoms with Crippen LogP contribution in [0.1, 0.15) is 28.6 Å². The van der Waals surface area contributed by atoms with Crippen molar-refractivity contribution in [2.45, 2.75) is 20.0 Å². The molecule has 1 heterocycles. The number of hydrogen-bond acceptors (Lipinski definition) is 3. The quantitative estimate of drug-likeness (QED) is 0.746. The third-order valence-electron chi connectivity index (χ3n) is 2.56. The molecule has 0 saturated heterocycles. The lowest BCUT2D eigenvalue weighted by Crippen LogP contribution is -1.97. The van der Waals surface area contributed by atoms with Gasteiger partial charge in [-0.15, -0.1) is 11.3 Å². The summed E-state index contributed by atoms with van der Waals surface area (Å²) in [6, 6.07) is 9.30. The van der Waals surface area contributed by atoms with Crippen molar-refractivity contribution < 1.29 is 9.53 Å². The molecule has 94 valence electrons. The summed E-state index contributed by atoms with van der Waals surface area (Å²) in [7, 11) is 0. The maximum Gasteiger partial charge on any atom is 0.162 e. The second-order valence-electron chi connectivity index (χ2n) is 3.78. The van der Waals surface area contributed by atoms with E-state index in [2.05, 4.69) is 15.9 Å². The molecule has 0 radical (unpaired) electrons. The molecular weight excluding hydrogens is 312 g/mol. The minimum Gasteiger partial charge on any atom is -0.488 e. The van der Waals surface area contributed by atoms with E-state index >= 15 is 0 Å². The van der Waals surface area contributed by atoms with E-state index in [-0.39, 0.29) is 5.78 Å². The van der Waals surface area contributed by atoms with Crippen LogP contribution in [0.15, 0.2) is 40.2 Å². The molecular formula is C14H13BrO2S. The molecule has 4 heteroatoms. The van der Waals surface area contributed by atoms with E-state index in [0.717, 1.165) is 20.7 Å². The van der Waals surface area contributed by atoms with Crippen molar-refractivity contribution in [3.8, 4) is 5.75 Å². The van der Waals surface area contributed by atoms with Gasteiger partial charge in [0.15, 0.2) is 5.78 Å². The van der Waals surface area contributed by atoms with E-state index in [1.807, 2.05) is 42.6 Å². The molecule has 0 N–H and O–H groups in total. The van der Waals surface area contributed by atoms with Gasteiger partial charge in [-0.1, -0.05) is 6.92 Å². The van der Waals surface area contributed by atoms with Gasteiger partial charge in [-0.05, 0) is 51.6 Å². The van der Waals surface area contributed by atoms with Crippen molar-refractivity contribution in [3.63, 3.8) is 0 Å². The molecule has 0 atom stereocenters. The van der Waals surface area contributed by atoms with Crippen LogP contribution in [0.25, 0.3) is 0 Å². The zero-order valence-corrected chi connectivity index (χ0v) is 12.4. The number of hydrogen-bond donors (Lipinski definition) is 0. The summed E-state index contributed by atoms with van der Waals surface area (Å²) < 4.78 is 6.74. The number of benzene rings is 1. The lowest BCUT2D eigenvalue weighted by molar-refractivity contribution is 0.0988. The fourth-order valence-corrected chi connectivity index (χ4v) is 2.90. The molecule has 0 spiro atoms. The Kier molecular flexibility index (Phi) is 4.55. The largest absolute Gasteiger partial charge is 0.488 e. The molecule has 2 nitrogen and oxygen atoms in total. The highest BCUT2D eigenvalue weighted by Crippen LogP contribution is 2.24. The summed E-state index contributed by atoms with van der Waals surface area (Å²) in [5, 5.41) is 2.02. The third kappa shape index (κ3) is 3.21. The number of carbonyl (C=O) groups excluding carboxylic acids is 1. The Morgan fingerprint density at radius 1 is 1.28 bits per heavy atom. The topological polar surface area (TPSA) is 26.3 Å². The number of Topliss-reactive ketones (excluding diaryl/α,β-unsaturated/α-hetero) is 1. The second kappa shape index (κ2) is 6.16. The van der Waals surface area contributed by atoms with Crippen molar-refractivity contribution in [2.24, 2.45) is 0 Å². The van der Waals surface area contributed by atoms with Crippen LogP contribution >= 0.6 is 27.3 Å². The smallest absolute Gasteiger partial charge is 0.162 e. The zero-order valence-electron chi connectivity index (χ0n) is 9.98. The van der Waals surface area contributed by atoms with Crippen molar-refractivity contribution in [2.75, 3.05) is 0 Å². The number of thiophene rings is 1. The summed E-state index contributed by atoms with van der Waals surface area (Å²) >= 11 is 5.12. The Hall–Kier alpha value is -1.13. The van der Waals surface area contributed by atoms with Crippen LogP contribution in [0, 0.1) is 0 Å². The van der Waals surface area contributed by atoms with Gasteiger partial charge >= 0.3 is 0 Å². The normalized spacial score (nSPS) is 10.3. The maximum atomic E-state index is 11.5. The first kappa shape index (κ1) is 13.3. The minimum atomic E-state index is 0.155. The van der Waals surface area contributed by atoms with Crippen LogP contribution in [0.4, 0.5) is 0 Å². The molecule has 1 aromatic heterocycles. The fraction of sp³-hybridized carbons (Fsp3) is 0.214. The van der Waals surface area contributed by atoms with Crippen molar-refractivity contribution >= 4 is 33.0 Å². The average molecular weight is 325 g/mol. The molecule has 0 unspecified atom stereocenters. The summed E-state index contributed by atoms with van der Waals surface area (Å²) in [6.45, 7) is 2.40. The van der Waals surface area contributed by atoms with Crippen LogP contribution in [0.5, 0.6) is 5.75 Å². The SMILES string of the molecule is CCC(=O)c1ccc(OCc2sccc2Br)cc1. The summed E-state index contributed by atoms with van der Waals surface area (Å²) in [5.41, 5.74) is 0.738. The van der Waals surface area contributed by atoms with Gasteiger partial charge in [0, 0.05) is 16.5 Å². The van der Waals surface area contributed by atoms with Crippen LogP contribution in [-0.2, 0) is 6.61 Å². The van der Waals surface area contributed by atoms with Gasteiger partial charge in [0.1, 0.15) is 12.4 Å². The van der Waals surface area contributed by atoms with E-state index in [1.165, 1.54) is 0 Å². The number of ether oxygens (including phenoxy) is 1. The highest BCUT2D eigenvalue weighted by molar-refractivity contribution is 9.10. The van der Waals surface area contributed by atoms with Gasteiger partial charge in [-0.2, -0.15) is 0 Å². The number of halogens is 1. The van der Waals surface area contributed by atoms with Gasteiger partial charge in [0.25, 0.3) is 0 Å². The Balaban J connectivity index is 1.98. The summed E-state index contributed by atoms with van der Waals surface area (Å²) in [5.74, 6) is 0.936. The van der Waals surface area contributed by atoms with Crippen LogP contribution in [-0.4, -0.2) is 5.78 Å².